The van der Waals surface area contributed by atoms with E-state index in [1.807, 2.05) is 18.2 Å². The zero-order valence-electron chi connectivity index (χ0n) is 12.0. The monoisotopic (exact) mass is 345 g/mol. The van der Waals surface area contributed by atoms with Crippen molar-refractivity contribution in [3.8, 4) is 11.5 Å². The van der Waals surface area contributed by atoms with Gasteiger partial charge in [0, 0.05) is 41.1 Å². The Bertz CT molecular complexity index is 748. The number of hydrogen-bond acceptors (Lipinski definition) is 4. The average Bonchev–Trinajstić information content (AvgIpc) is 2.92. The van der Waals surface area contributed by atoms with Gasteiger partial charge in [-0.1, -0.05) is 0 Å². The lowest BCUT2D eigenvalue weighted by Crippen LogP contribution is -2.21. The highest BCUT2D eigenvalue weighted by Gasteiger charge is 2.10. The molecule has 0 saturated carbocycles. The number of halogens is 1. The molecule has 0 radical (unpaired) electrons. The zero-order chi connectivity index (χ0) is 14.8. The molecule has 0 amide bonds. The van der Waals surface area contributed by atoms with Gasteiger partial charge in [-0.3, -0.25) is 0 Å². The van der Waals surface area contributed by atoms with Gasteiger partial charge >= 0.3 is 0 Å². The molecule has 3 rings (SSSR count). The van der Waals surface area contributed by atoms with Gasteiger partial charge < -0.3 is 9.32 Å². The Labute approximate surface area is 131 Å². The van der Waals surface area contributed by atoms with Crippen LogP contribution in [0.1, 0.15) is 13.8 Å². The molecule has 0 aliphatic heterocycles. The molecule has 21 heavy (non-hydrogen) atoms. The van der Waals surface area contributed by atoms with Crippen LogP contribution in [0.3, 0.4) is 0 Å². The third-order valence-corrected chi connectivity index (χ3v) is 3.89. The van der Waals surface area contributed by atoms with E-state index < -0.39 is 0 Å². The summed E-state index contributed by atoms with van der Waals surface area (Å²) in [4.78, 5) is 11.0. The molecule has 0 unspecified atom stereocenters. The molecule has 0 aliphatic rings. The van der Waals surface area contributed by atoms with E-state index in [2.05, 4.69) is 56.8 Å². The van der Waals surface area contributed by atoms with Gasteiger partial charge in [-0.15, -0.1) is 0 Å². The van der Waals surface area contributed by atoms with Crippen molar-refractivity contribution in [3.05, 3.63) is 41.0 Å². The number of nitrogens with zero attached hydrogens (tertiary/aromatic N) is 3. The molecule has 0 spiro atoms. The smallest absolute Gasteiger partial charge is 0.228 e. The maximum Gasteiger partial charge on any atom is 0.228 e. The van der Waals surface area contributed by atoms with Crippen LogP contribution in [0, 0.1) is 0 Å². The quantitative estimate of drug-likeness (QED) is 0.698. The van der Waals surface area contributed by atoms with Crippen LogP contribution < -0.4 is 4.90 Å². The first-order valence-electron chi connectivity index (χ1n) is 6.98. The summed E-state index contributed by atoms with van der Waals surface area (Å²) in [7, 11) is 0. The van der Waals surface area contributed by atoms with E-state index >= 15 is 0 Å². The van der Waals surface area contributed by atoms with E-state index in [4.69, 9.17) is 4.42 Å². The highest BCUT2D eigenvalue weighted by molar-refractivity contribution is 9.10. The summed E-state index contributed by atoms with van der Waals surface area (Å²) in [5.41, 5.74) is 3.48. The van der Waals surface area contributed by atoms with Gasteiger partial charge in [-0.2, -0.15) is 4.98 Å². The van der Waals surface area contributed by atoms with Crippen molar-refractivity contribution in [2.24, 2.45) is 0 Å². The van der Waals surface area contributed by atoms with Crippen LogP contribution in [0.25, 0.3) is 22.7 Å². The lowest BCUT2D eigenvalue weighted by atomic mass is 10.2. The first-order valence-corrected chi connectivity index (χ1v) is 7.78. The number of aromatic nitrogens is 2. The van der Waals surface area contributed by atoms with Gasteiger partial charge in [-0.25, -0.2) is 4.98 Å². The minimum Gasteiger partial charge on any atom is -0.434 e. The molecule has 5 heteroatoms. The maximum absolute atomic E-state index is 5.77. The van der Waals surface area contributed by atoms with Crippen molar-refractivity contribution in [2.45, 2.75) is 13.8 Å². The largest absolute Gasteiger partial charge is 0.434 e. The van der Waals surface area contributed by atoms with Crippen molar-refractivity contribution in [1.29, 1.82) is 0 Å². The second-order valence-corrected chi connectivity index (χ2v) is 5.63. The second kappa shape index (κ2) is 5.85. The molecule has 3 aromatic rings. The molecule has 2 heterocycles. The molecule has 0 aliphatic carbocycles. The summed E-state index contributed by atoms with van der Waals surface area (Å²) >= 11 is 3.38. The number of fused-ring (bicyclic) bond motifs is 1. The van der Waals surface area contributed by atoms with E-state index in [9.17, 15) is 0 Å². The van der Waals surface area contributed by atoms with Gasteiger partial charge in [0.1, 0.15) is 0 Å². The van der Waals surface area contributed by atoms with Crippen molar-refractivity contribution < 1.29 is 4.42 Å². The molecule has 2 aromatic heterocycles. The van der Waals surface area contributed by atoms with Crippen LogP contribution in [-0.4, -0.2) is 23.1 Å². The molecule has 0 bridgehead atoms. The Morgan fingerprint density at radius 2 is 1.86 bits per heavy atom. The molecule has 108 valence electrons. The molecule has 0 N–H and O–H groups in total. The summed E-state index contributed by atoms with van der Waals surface area (Å²) in [6, 6.07) is 10.1. The summed E-state index contributed by atoms with van der Waals surface area (Å²) in [6.45, 7) is 6.30. The second-order valence-electron chi connectivity index (χ2n) is 4.71. The first kappa shape index (κ1) is 14.1. The van der Waals surface area contributed by atoms with E-state index in [-0.39, 0.29) is 0 Å². The lowest BCUT2D eigenvalue weighted by Gasteiger charge is -2.20. The van der Waals surface area contributed by atoms with E-state index in [0.29, 0.717) is 17.1 Å². The minimum atomic E-state index is 0.599. The lowest BCUT2D eigenvalue weighted by molar-refractivity contribution is 0.619. The van der Waals surface area contributed by atoms with Crippen LogP contribution in [0.2, 0.25) is 0 Å². The van der Waals surface area contributed by atoms with E-state index in [0.717, 1.165) is 23.1 Å². The van der Waals surface area contributed by atoms with Crippen LogP contribution in [0.5, 0.6) is 0 Å². The predicted molar refractivity (Wildman–Crippen MR) is 88.5 cm³/mol. The first-order chi connectivity index (χ1) is 10.2. The Hall–Kier alpha value is -1.88. The van der Waals surface area contributed by atoms with Gasteiger partial charge in [0.2, 0.25) is 5.89 Å². The van der Waals surface area contributed by atoms with E-state index in [1.54, 1.807) is 6.20 Å². The van der Waals surface area contributed by atoms with Crippen LogP contribution in [0.4, 0.5) is 5.69 Å². The summed E-state index contributed by atoms with van der Waals surface area (Å²) < 4.78 is 6.65. The highest BCUT2D eigenvalue weighted by atomic mass is 79.9. The number of rotatable bonds is 4. The van der Waals surface area contributed by atoms with Crippen LogP contribution in [0.15, 0.2) is 45.4 Å². The van der Waals surface area contributed by atoms with Gasteiger partial charge in [0.15, 0.2) is 11.2 Å². The van der Waals surface area contributed by atoms with Crippen molar-refractivity contribution in [2.75, 3.05) is 18.0 Å². The Morgan fingerprint density at radius 3 is 2.52 bits per heavy atom. The van der Waals surface area contributed by atoms with Gasteiger partial charge in [0.25, 0.3) is 0 Å². The average molecular weight is 346 g/mol. The van der Waals surface area contributed by atoms with Gasteiger partial charge in [-0.05, 0) is 54.0 Å². The van der Waals surface area contributed by atoms with Crippen molar-refractivity contribution in [1.82, 2.24) is 9.97 Å². The zero-order valence-corrected chi connectivity index (χ0v) is 13.6. The molecule has 0 saturated heterocycles. The topological polar surface area (TPSA) is 42.2 Å². The molecule has 4 nitrogen and oxygen atoms in total. The predicted octanol–water partition coefficient (Wildman–Crippen LogP) is 4.50. The summed E-state index contributed by atoms with van der Waals surface area (Å²) in [5.74, 6) is 0.599. The molecule has 0 fully saturated rings. The SMILES string of the molecule is CCN(CC)c1ccc(-c2nc3ncc(Br)cc3o2)cc1. The van der Waals surface area contributed by atoms with Crippen molar-refractivity contribution in [3.63, 3.8) is 0 Å². The number of pyridine rings is 1. The van der Waals surface area contributed by atoms with Gasteiger partial charge in [0.05, 0.1) is 0 Å². The summed E-state index contributed by atoms with van der Waals surface area (Å²) in [6.07, 6.45) is 1.72. The van der Waals surface area contributed by atoms with Crippen molar-refractivity contribution >= 4 is 32.8 Å². The summed E-state index contributed by atoms with van der Waals surface area (Å²) in [5, 5.41) is 0. The Balaban J connectivity index is 1.95. The Morgan fingerprint density at radius 1 is 1.14 bits per heavy atom. The number of hydrogen-bond donors (Lipinski definition) is 0. The number of benzene rings is 1. The molecule has 0 atom stereocenters. The fraction of sp³-hybridized carbons (Fsp3) is 0.250. The third-order valence-electron chi connectivity index (χ3n) is 3.46. The highest BCUT2D eigenvalue weighted by Crippen LogP contribution is 2.26. The normalized spacial score (nSPS) is 11.0. The number of oxazole rings is 1. The maximum atomic E-state index is 5.77. The fourth-order valence-corrected chi connectivity index (χ4v) is 2.63. The van der Waals surface area contributed by atoms with Crippen LogP contribution in [-0.2, 0) is 0 Å². The Kier molecular flexibility index (Phi) is 3.92. The molecular weight excluding hydrogens is 330 g/mol. The minimum absolute atomic E-state index is 0.599. The standard InChI is InChI=1S/C16H16BrN3O/c1-3-20(4-2)13-7-5-11(6-8-13)16-19-15-14(21-16)9-12(17)10-18-15/h5-10H,3-4H2,1-2H3. The molecular formula is C16H16BrN3O. The molecule has 1 aromatic carbocycles. The fourth-order valence-electron chi connectivity index (χ4n) is 2.32. The third kappa shape index (κ3) is 2.78. The number of anilines is 1. The van der Waals surface area contributed by atoms with Crippen LogP contribution >= 0.6 is 15.9 Å². The van der Waals surface area contributed by atoms with E-state index in [1.165, 1.54) is 5.69 Å².